The van der Waals surface area contributed by atoms with Gasteiger partial charge in [-0.2, -0.15) is 0 Å². The second kappa shape index (κ2) is 5.13. The van der Waals surface area contributed by atoms with E-state index in [9.17, 15) is 4.79 Å². The van der Waals surface area contributed by atoms with E-state index in [0.29, 0.717) is 11.5 Å². The molecule has 2 N–H and O–H groups in total. The SMILES string of the molecule is COc1ccccc1OC(=O)c1ccnc(N)n1. The fraction of sp³-hybridized carbons (Fsp3) is 0.0833. The zero-order valence-electron chi connectivity index (χ0n) is 9.66. The molecular formula is C12H11N3O3. The number of carbonyl (C=O) groups is 1. The topological polar surface area (TPSA) is 87.3 Å². The van der Waals surface area contributed by atoms with Crippen LogP contribution in [-0.2, 0) is 0 Å². The van der Waals surface area contributed by atoms with E-state index in [-0.39, 0.29) is 11.6 Å². The highest BCUT2D eigenvalue weighted by Crippen LogP contribution is 2.26. The lowest BCUT2D eigenvalue weighted by molar-refractivity contribution is 0.0723. The molecule has 92 valence electrons. The molecule has 18 heavy (non-hydrogen) atoms. The number of nitrogen functional groups attached to an aromatic ring is 1. The zero-order valence-corrected chi connectivity index (χ0v) is 9.66. The number of para-hydroxylation sites is 2. The van der Waals surface area contributed by atoms with Gasteiger partial charge in [-0.05, 0) is 18.2 Å². The molecule has 1 aromatic heterocycles. The van der Waals surface area contributed by atoms with Crippen LogP contribution in [0.5, 0.6) is 11.5 Å². The minimum absolute atomic E-state index is 0.0180. The molecule has 0 saturated heterocycles. The van der Waals surface area contributed by atoms with Crippen LogP contribution in [0.3, 0.4) is 0 Å². The van der Waals surface area contributed by atoms with Crippen LogP contribution in [0.15, 0.2) is 36.5 Å². The molecule has 1 heterocycles. The van der Waals surface area contributed by atoms with Crippen molar-refractivity contribution in [1.82, 2.24) is 9.97 Å². The maximum absolute atomic E-state index is 11.8. The molecule has 0 unspecified atom stereocenters. The predicted octanol–water partition coefficient (Wildman–Crippen LogP) is 1.29. The largest absolute Gasteiger partial charge is 0.493 e. The van der Waals surface area contributed by atoms with Crippen LogP contribution in [0, 0.1) is 0 Å². The monoisotopic (exact) mass is 245 g/mol. The lowest BCUT2D eigenvalue weighted by Gasteiger charge is -2.08. The van der Waals surface area contributed by atoms with Crippen LogP contribution < -0.4 is 15.2 Å². The first-order valence-electron chi connectivity index (χ1n) is 5.14. The summed E-state index contributed by atoms with van der Waals surface area (Å²) in [5, 5.41) is 0. The Balaban J connectivity index is 2.21. The number of ether oxygens (including phenoxy) is 2. The fourth-order valence-electron chi connectivity index (χ4n) is 1.34. The number of benzene rings is 1. The third-order valence-corrected chi connectivity index (χ3v) is 2.16. The number of carbonyl (C=O) groups excluding carboxylic acids is 1. The molecule has 2 aromatic rings. The lowest BCUT2D eigenvalue weighted by Crippen LogP contribution is -2.12. The maximum Gasteiger partial charge on any atom is 0.362 e. The molecule has 0 aliphatic carbocycles. The van der Waals surface area contributed by atoms with Crippen molar-refractivity contribution in [2.24, 2.45) is 0 Å². The van der Waals surface area contributed by atoms with Crippen molar-refractivity contribution < 1.29 is 14.3 Å². The van der Waals surface area contributed by atoms with Gasteiger partial charge in [-0.3, -0.25) is 0 Å². The minimum atomic E-state index is -0.617. The van der Waals surface area contributed by atoms with Gasteiger partial charge in [-0.25, -0.2) is 14.8 Å². The van der Waals surface area contributed by atoms with E-state index >= 15 is 0 Å². The standard InChI is InChI=1S/C12H11N3O3/c1-17-9-4-2-3-5-10(9)18-11(16)8-6-7-14-12(13)15-8/h2-7H,1H3,(H2,13,14,15). The average Bonchev–Trinajstić information content (AvgIpc) is 2.39. The Bertz CT molecular complexity index is 572. The molecule has 2 rings (SSSR count). The van der Waals surface area contributed by atoms with Gasteiger partial charge in [0.2, 0.25) is 5.95 Å². The Morgan fingerprint density at radius 3 is 2.61 bits per heavy atom. The fourth-order valence-corrected chi connectivity index (χ4v) is 1.34. The number of aromatic nitrogens is 2. The van der Waals surface area contributed by atoms with Crippen molar-refractivity contribution in [2.45, 2.75) is 0 Å². The average molecular weight is 245 g/mol. The number of methoxy groups -OCH3 is 1. The number of rotatable bonds is 3. The van der Waals surface area contributed by atoms with Crippen LogP contribution >= 0.6 is 0 Å². The van der Waals surface area contributed by atoms with Crippen LogP contribution in [0.25, 0.3) is 0 Å². The summed E-state index contributed by atoms with van der Waals surface area (Å²) >= 11 is 0. The highest BCUT2D eigenvalue weighted by molar-refractivity contribution is 5.89. The van der Waals surface area contributed by atoms with Gasteiger partial charge in [0.15, 0.2) is 17.2 Å². The Morgan fingerprint density at radius 2 is 1.94 bits per heavy atom. The van der Waals surface area contributed by atoms with Crippen LogP contribution in [0.1, 0.15) is 10.5 Å². The third-order valence-electron chi connectivity index (χ3n) is 2.16. The summed E-state index contributed by atoms with van der Waals surface area (Å²) in [6, 6.07) is 8.25. The summed E-state index contributed by atoms with van der Waals surface area (Å²) in [6.07, 6.45) is 1.39. The molecule has 0 atom stereocenters. The Morgan fingerprint density at radius 1 is 1.22 bits per heavy atom. The van der Waals surface area contributed by atoms with Gasteiger partial charge in [-0.1, -0.05) is 12.1 Å². The molecule has 6 nitrogen and oxygen atoms in total. The number of nitrogens with zero attached hydrogens (tertiary/aromatic N) is 2. The summed E-state index contributed by atoms with van der Waals surface area (Å²) in [6.45, 7) is 0. The van der Waals surface area contributed by atoms with E-state index in [0.717, 1.165) is 0 Å². The van der Waals surface area contributed by atoms with Crippen molar-refractivity contribution in [1.29, 1.82) is 0 Å². The molecule has 6 heteroatoms. The molecule has 0 spiro atoms. The maximum atomic E-state index is 11.8. The summed E-state index contributed by atoms with van der Waals surface area (Å²) in [5.74, 6) is 0.188. The van der Waals surface area contributed by atoms with E-state index in [2.05, 4.69) is 9.97 Å². The van der Waals surface area contributed by atoms with E-state index in [1.54, 1.807) is 24.3 Å². The van der Waals surface area contributed by atoms with Crippen LogP contribution in [0.2, 0.25) is 0 Å². The van der Waals surface area contributed by atoms with Crippen molar-refractivity contribution in [3.05, 3.63) is 42.2 Å². The quantitative estimate of drug-likeness (QED) is 0.647. The number of hydrogen-bond acceptors (Lipinski definition) is 6. The van der Waals surface area contributed by atoms with E-state index in [4.69, 9.17) is 15.2 Å². The van der Waals surface area contributed by atoms with Crippen LogP contribution in [0.4, 0.5) is 5.95 Å². The minimum Gasteiger partial charge on any atom is -0.493 e. The predicted molar refractivity (Wildman–Crippen MR) is 64.4 cm³/mol. The summed E-state index contributed by atoms with van der Waals surface area (Å²) in [4.78, 5) is 19.3. The zero-order chi connectivity index (χ0) is 13.0. The van der Waals surface area contributed by atoms with Gasteiger partial charge in [-0.15, -0.1) is 0 Å². The molecule has 0 amide bonds. The Hall–Kier alpha value is -2.63. The van der Waals surface area contributed by atoms with Gasteiger partial charge in [0, 0.05) is 6.20 Å². The number of nitrogens with two attached hydrogens (primary N) is 1. The van der Waals surface area contributed by atoms with Gasteiger partial charge >= 0.3 is 5.97 Å². The molecule has 0 bridgehead atoms. The summed E-state index contributed by atoms with van der Waals surface area (Å²) < 4.78 is 10.2. The number of anilines is 1. The molecule has 0 fully saturated rings. The Labute approximate surface area is 103 Å². The first-order valence-corrected chi connectivity index (χ1v) is 5.14. The van der Waals surface area contributed by atoms with Crippen molar-refractivity contribution in [3.63, 3.8) is 0 Å². The van der Waals surface area contributed by atoms with Gasteiger partial charge < -0.3 is 15.2 Å². The second-order valence-electron chi connectivity index (χ2n) is 3.34. The first-order chi connectivity index (χ1) is 8.70. The first kappa shape index (κ1) is 11.8. The Kier molecular flexibility index (Phi) is 3.38. The normalized spacial score (nSPS) is 9.83. The van der Waals surface area contributed by atoms with Crippen molar-refractivity contribution >= 4 is 11.9 Å². The third kappa shape index (κ3) is 2.54. The van der Waals surface area contributed by atoms with E-state index in [1.807, 2.05) is 0 Å². The van der Waals surface area contributed by atoms with Crippen molar-refractivity contribution in [2.75, 3.05) is 12.8 Å². The molecule has 0 saturated carbocycles. The molecule has 1 aromatic carbocycles. The second-order valence-corrected chi connectivity index (χ2v) is 3.34. The number of hydrogen-bond donors (Lipinski definition) is 1. The molecular weight excluding hydrogens is 234 g/mol. The summed E-state index contributed by atoms with van der Waals surface area (Å²) in [5.41, 5.74) is 5.48. The molecule has 0 aliphatic rings. The molecule has 0 radical (unpaired) electrons. The van der Waals surface area contributed by atoms with E-state index < -0.39 is 5.97 Å². The van der Waals surface area contributed by atoms with Gasteiger partial charge in [0.05, 0.1) is 7.11 Å². The number of esters is 1. The highest BCUT2D eigenvalue weighted by atomic mass is 16.6. The summed E-state index contributed by atoms with van der Waals surface area (Å²) in [7, 11) is 1.50. The molecule has 0 aliphatic heterocycles. The highest BCUT2D eigenvalue weighted by Gasteiger charge is 2.13. The van der Waals surface area contributed by atoms with Gasteiger partial charge in [0.1, 0.15) is 0 Å². The van der Waals surface area contributed by atoms with Crippen LogP contribution in [-0.4, -0.2) is 23.0 Å². The lowest BCUT2D eigenvalue weighted by atomic mass is 10.3. The van der Waals surface area contributed by atoms with Gasteiger partial charge in [0.25, 0.3) is 0 Å². The van der Waals surface area contributed by atoms with Crippen molar-refractivity contribution in [3.8, 4) is 11.5 Å². The smallest absolute Gasteiger partial charge is 0.362 e. The van der Waals surface area contributed by atoms with E-state index in [1.165, 1.54) is 19.4 Å².